The normalized spacial score (nSPS) is 19.6. The molecule has 1 fully saturated rings. The number of fused-ring (bicyclic) bond motifs is 1. The second kappa shape index (κ2) is 7.23. The molecule has 0 amide bonds. The summed E-state index contributed by atoms with van der Waals surface area (Å²) in [6.07, 6.45) is 1.27. The van der Waals surface area contributed by atoms with Crippen LogP contribution in [0, 0.1) is 6.92 Å². The van der Waals surface area contributed by atoms with E-state index in [9.17, 15) is 0 Å². The fraction of sp³-hybridized carbons (Fsp3) is 0.474. The predicted octanol–water partition coefficient (Wildman–Crippen LogP) is 3.39. The van der Waals surface area contributed by atoms with E-state index in [1.807, 2.05) is 0 Å². The maximum absolute atomic E-state index is 5.83. The SMILES string of the molecule is COCC[C@@H]1CN(Cc2cccc3c(C)cccc23)CCO1. The first-order valence-corrected chi connectivity index (χ1v) is 8.08. The van der Waals surface area contributed by atoms with E-state index in [-0.39, 0.29) is 0 Å². The number of hydrogen-bond acceptors (Lipinski definition) is 3. The van der Waals surface area contributed by atoms with Gasteiger partial charge < -0.3 is 9.47 Å². The second-order valence-corrected chi connectivity index (χ2v) is 6.10. The van der Waals surface area contributed by atoms with Gasteiger partial charge in [0.25, 0.3) is 0 Å². The topological polar surface area (TPSA) is 21.7 Å². The Bertz CT molecular complexity index is 626. The molecule has 2 aromatic rings. The molecule has 0 saturated carbocycles. The van der Waals surface area contributed by atoms with Crippen LogP contribution in [0.1, 0.15) is 17.5 Å². The fourth-order valence-corrected chi connectivity index (χ4v) is 3.26. The number of nitrogens with zero attached hydrogens (tertiary/aromatic N) is 1. The predicted molar refractivity (Wildman–Crippen MR) is 90.2 cm³/mol. The first-order valence-electron chi connectivity index (χ1n) is 8.08. The molecule has 1 saturated heterocycles. The van der Waals surface area contributed by atoms with E-state index in [1.165, 1.54) is 21.9 Å². The van der Waals surface area contributed by atoms with Crippen LogP contribution in [0.25, 0.3) is 10.8 Å². The van der Waals surface area contributed by atoms with Gasteiger partial charge in [-0.05, 0) is 35.2 Å². The third-order valence-electron chi connectivity index (χ3n) is 4.49. The number of benzene rings is 2. The van der Waals surface area contributed by atoms with Crippen LogP contribution >= 0.6 is 0 Å². The van der Waals surface area contributed by atoms with Crippen LogP contribution in [0.5, 0.6) is 0 Å². The van der Waals surface area contributed by atoms with Gasteiger partial charge >= 0.3 is 0 Å². The Balaban J connectivity index is 1.74. The minimum Gasteiger partial charge on any atom is -0.385 e. The maximum Gasteiger partial charge on any atom is 0.0724 e. The van der Waals surface area contributed by atoms with Crippen LogP contribution in [0.4, 0.5) is 0 Å². The van der Waals surface area contributed by atoms with Crippen molar-refractivity contribution < 1.29 is 9.47 Å². The molecule has 0 aromatic heterocycles. The van der Waals surface area contributed by atoms with Gasteiger partial charge in [0, 0.05) is 33.4 Å². The van der Waals surface area contributed by atoms with E-state index < -0.39 is 0 Å². The highest BCUT2D eigenvalue weighted by Crippen LogP contribution is 2.24. The lowest BCUT2D eigenvalue weighted by Gasteiger charge is -2.33. The lowest BCUT2D eigenvalue weighted by Crippen LogP contribution is -2.42. The molecule has 0 aliphatic carbocycles. The molecule has 3 rings (SSSR count). The van der Waals surface area contributed by atoms with E-state index in [0.29, 0.717) is 6.10 Å². The fourth-order valence-electron chi connectivity index (χ4n) is 3.26. The van der Waals surface area contributed by atoms with Crippen molar-refractivity contribution in [3.8, 4) is 0 Å². The van der Waals surface area contributed by atoms with E-state index in [4.69, 9.17) is 9.47 Å². The maximum atomic E-state index is 5.83. The second-order valence-electron chi connectivity index (χ2n) is 6.10. The molecule has 22 heavy (non-hydrogen) atoms. The quantitative estimate of drug-likeness (QED) is 0.845. The molecule has 0 spiro atoms. The Labute approximate surface area is 132 Å². The third-order valence-corrected chi connectivity index (χ3v) is 4.49. The monoisotopic (exact) mass is 299 g/mol. The van der Waals surface area contributed by atoms with E-state index in [0.717, 1.165) is 39.3 Å². The molecule has 0 N–H and O–H groups in total. The number of hydrogen-bond donors (Lipinski definition) is 0. The van der Waals surface area contributed by atoms with Gasteiger partial charge in [-0.2, -0.15) is 0 Å². The van der Waals surface area contributed by atoms with Gasteiger partial charge in [0.2, 0.25) is 0 Å². The molecular weight excluding hydrogens is 274 g/mol. The summed E-state index contributed by atoms with van der Waals surface area (Å²) in [4.78, 5) is 2.50. The lowest BCUT2D eigenvalue weighted by atomic mass is 10.0. The molecule has 0 radical (unpaired) electrons. The molecule has 118 valence electrons. The Morgan fingerprint density at radius 2 is 2.00 bits per heavy atom. The van der Waals surface area contributed by atoms with Crippen molar-refractivity contribution in [1.29, 1.82) is 0 Å². The minimum absolute atomic E-state index is 0.297. The summed E-state index contributed by atoms with van der Waals surface area (Å²) >= 11 is 0. The number of rotatable bonds is 5. The molecule has 1 aliphatic rings. The number of aryl methyl sites for hydroxylation is 1. The van der Waals surface area contributed by atoms with Gasteiger partial charge in [0.05, 0.1) is 12.7 Å². The summed E-state index contributed by atoms with van der Waals surface area (Å²) in [6, 6.07) is 13.2. The van der Waals surface area contributed by atoms with Crippen LogP contribution in [0.15, 0.2) is 36.4 Å². The van der Waals surface area contributed by atoms with Gasteiger partial charge in [0.15, 0.2) is 0 Å². The van der Waals surface area contributed by atoms with Crippen molar-refractivity contribution in [2.45, 2.75) is 26.0 Å². The summed E-state index contributed by atoms with van der Waals surface area (Å²) in [5, 5.41) is 2.74. The number of morpholine rings is 1. The Morgan fingerprint density at radius 1 is 1.18 bits per heavy atom. The van der Waals surface area contributed by atoms with E-state index >= 15 is 0 Å². The summed E-state index contributed by atoms with van der Waals surface area (Å²) < 4.78 is 11.0. The Morgan fingerprint density at radius 3 is 2.86 bits per heavy atom. The molecule has 1 heterocycles. The highest BCUT2D eigenvalue weighted by molar-refractivity contribution is 5.88. The molecular formula is C19H25NO2. The molecule has 0 bridgehead atoms. The molecule has 3 nitrogen and oxygen atoms in total. The van der Waals surface area contributed by atoms with Crippen molar-refractivity contribution in [2.75, 3.05) is 33.4 Å². The van der Waals surface area contributed by atoms with Gasteiger partial charge in [0.1, 0.15) is 0 Å². The molecule has 2 aromatic carbocycles. The first-order chi connectivity index (χ1) is 10.8. The van der Waals surface area contributed by atoms with E-state index in [1.54, 1.807) is 7.11 Å². The third kappa shape index (κ3) is 3.49. The molecule has 0 unspecified atom stereocenters. The molecule has 1 atom stereocenters. The average Bonchev–Trinajstić information content (AvgIpc) is 2.54. The highest BCUT2D eigenvalue weighted by Gasteiger charge is 2.20. The Kier molecular flexibility index (Phi) is 5.08. The van der Waals surface area contributed by atoms with E-state index in [2.05, 4.69) is 48.2 Å². The van der Waals surface area contributed by atoms with Gasteiger partial charge in [-0.15, -0.1) is 0 Å². The number of ether oxygens (including phenoxy) is 2. The van der Waals surface area contributed by atoms with Crippen molar-refractivity contribution in [3.05, 3.63) is 47.5 Å². The van der Waals surface area contributed by atoms with Crippen molar-refractivity contribution in [2.24, 2.45) is 0 Å². The van der Waals surface area contributed by atoms with Gasteiger partial charge in [-0.25, -0.2) is 0 Å². The summed E-state index contributed by atoms with van der Waals surface area (Å²) in [5.41, 5.74) is 2.76. The highest BCUT2D eigenvalue weighted by atomic mass is 16.5. The molecule has 1 aliphatic heterocycles. The molecule has 3 heteroatoms. The zero-order valence-electron chi connectivity index (χ0n) is 13.5. The largest absolute Gasteiger partial charge is 0.385 e. The van der Waals surface area contributed by atoms with Crippen LogP contribution in [-0.2, 0) is 16.0 Å². The summed E-state index contributed by atoms with van der Waals surface area (Å²) in [6.45, 7) is 6.76. The van der Waals surface area contributed by atoms with Crippen LogP contribution < -0.4 is 0 Å². The summed E-state index contributed by atoms with van der Waals surface area (Å²) in [5.74, 6) is 0. The van der Waals surface area contributed by atoms with Crippen LogP contribution in [0.2, 0.25) is 0 Å². The smallest absolute Gasteiger partial charge is 0.0724 e. The minimum atomic E-state index is 0.297. The van der Waals surface area contributed by atoms with Crippen LogP contribution in [-0.4, -0.2) is 44.4 Å². The number of methoxy groups -OCH3 is 1. The standard InChI is InChI=1S/C19H25NO2/c1-15-5-3-8-19-16(6-4-7-18(15)19)13-20-10-12-22-17(14-20)9-11-21-2/h3-8,17H,9-14H2,1-2H3/t17-/m1/s1. The van der Waals surface area contributed by atoms with Crippen molar-refractivity contribution in [1.82, 2.24) is 4.90 Å². The first kappa shape index (κ1) is 15.5. The average molecular weight is 299 g/mol. The summed E-state index contributed by atoms with van der Waals surface area (Å²) in [7, 11) is 1.75. The van der Waals surface area contributed by atoms with Gasteiger partial charge in [-0.1, -0.05) is 36.4 Å². The lowest BCUT2D eigenvalue weighted by molar-refractivity contribution is -0.0431. The van der Waals surface area contributed by atoms with Gasteiger partial charge in [-0.3, -0.25) is 4.90 Å². The van der Waals surface area contributed by atoms with Crippen LogP contribution in [0.3, 0.4) is 0 Å². The Hall–Kier alpha value is -1.42. The van der Waals surface area contributed by atoms with Crippen molar-refractivity contribution in [3.63, 3.8) is 0 Å². The zero-order chi connectivity index (χ0) is 15.4. The zero-order valence-corrected chi connectivity index (χ0v) is 13.5. The van der Waals surface area contributed by atoms with Crippen molar-refractivity contribution >= 4 is 10.8 Å².